The van der Waals surface area contributed by atoms with E-state index >= 15 is 0 Å². The second kappa shape index (κ2) is 14.8. The molecule has 1 heterocycles. The molecule has 0 fully saturated rings. The van der Waals surface area contributed by atoms with Gasteiger partial charge in [0.15, 0.2) is 0 Å². The molecule has 260 valence electrons. The number of phosphoric acid groups is 1. The molecule has 0 aromatic heterocycles. The van der Waals surface area contributed by atoms with E-state index in [9.17, 15) is 28.6 Å². The molecule has 3 N–H and O–H groups in total. The van der Waals surface area contributed by atoms with Gasteiger partial charge in [0.05, 0.1) is 13.7 Å². The van der Waals surface area contributed by atoms with Gasteiger partial charge in [-0.05, 0) is 67.1 Å². The Kier molecular flexibility index (Phi) is 10.8. The van der Waals surface area contributed by atoms with E-state index in [-0.39, 0.29) is 44.1 Å². The maximum Gasteiger partial charge on any atom is 0.527 e. The van der Waals surface area contributed by atoms with E-state index in [0.717, 1.165) is 22.3 Å². The SMILES string of the molecule is COC(=O)[C@H](Cc1ccc2c(c1)COP(=O)(O)O2)NC(=O)[C@H](CCC(=O)OC(C)(C)C)NC(=O)OCC1c2ccccc2-c2ccccc21. The minimum absolute atomic E-state index is 0.00252. The van der Waals surface area contributed by atoms with Crippen molar-refractivity contribution in [2.45, 2.75) is 70.2 Å². The number of carbonyl (C=O) groups is 4. The molecule has 1 aliphatic carbocycles. The third-order valence-corrected chi connectivity index (χ3v) is 8.86. The first-order valence-corrected chi connectivity index (χ1v) is 17.2. The van der Waals surface area contributed by atoms with E-state index in [4.69, 9.17) is 23.3 Å². The summed E-state index contributed by atoms with van der Waals surface area (Å²) in [5, 5.41) is 5.19. The number of methoxy groups -OCH3 is 1. The first-order valence-electron chi connectivity index (χ1n) is 15.7. The van der Waals surface area contributed by atoms with Crippen molar-refractivity contribution < 1.29 is 51.9 Å². The number of esters is 2. The summed E-state index contributed by atoms with van der Waals surface area (Å²) in [6.45, 7) is 4.96. The Morgan fingerprint density at radius 1 is 0.959 bits per heavy atom. The highest BCUT2D eigenvalue weighted by atomic mass is 31.2. The molecule has 2 aliphatic rings. The summed E-state index contributed by atoms with van der Waals surface area (Å²) in [6.07, 6.45) is -1.27. The van der Waals surface area contributed by atoms with Gasteiger partial charge in [-0.25, -0.2) is 14.2 Å². The number of ether oxygens (including phenoxy) is 3. The number of nitrogens with one attached hydrogen (secondary N) is 2. The van der Waals surface area contributed by atoms with Crippen LogP contribution >= 0.6 is 7.82 Å². The van der Waals surface area contributed by atoms with Crippen molar-refractivity contribution in [2.75, 3.05) is 13.7 Å². The Morgan fingerprint density at radius 3 is 2.24 bits per heavy atom. The average molecular weight is 695 g/mol. The van der Waals surface area contributed by atoms with E-state index in [1.807, 2.05) is 48.5 Å². The summed E-state index contributed by atoms with van der Waals surface area (Å²) < 4.78 is 37.6. The number of carbonyl (C=O) groups excluding carboxylic acids is 4. The van der Waals surface area contributed by atoms with E-state index in [1.54, 1.807) is 32.9 Å². The van der Waals surface area contributed by atoms with Crippen molar-refractivity contribution in [3.8, 4) is 16.9 Å². The largest absolute Gasteiger partial charge is 0.527 e. The maximum atomic E-state index is 13.6. The predicted octanol–water partition coefficient (Wildman–Crippen LogP) is 4.93. The van der Waals surface area contributed by atoms with E-state index in [0.29, 0.717) is 11.1 Å². The van der Waals surface area contributed by atoms with Crippen LogP contribution in [0.25, 0.3) is 11.1 Å². The van der Waals surface area contributed by atoms with Gasteiger partial charge in [-0.3, -0.25) is 19.0 Å². The summed E-state index contributed by atoms with van der Waals surface area (Å²) >= 11 is 0. The summed E-state index contributed by atoms with van der Waals surface area (Å²) in [5.74, 6) is -2.14. The zero-order valence-electron chi connectivity index (χ0n) is 27.6. The van der Waals surface area contributed by atoms with Crippen LogP contribution in [0.3, 0.4) is 0 Å². The minimum Gasteiger partial charge on any atom is -0.467 e. The molecule has 0 radical (unpaired) electrons. The summed E-state index contributed by atoms with van der Waals surface area (Å²) in [6, 6.07) is 17.9. The molecular formula is C35H39N2O11P. The van der Waals surface area contributed by atoms with Crippen LogP contribution in [0.2, 0.25) is 0 Å². The van der Waals surface area contributed by atoms with Gasteiger partial charge in [0, 0.05) is 24.3 Å². The molecule has 3 aromatic carbocycles. The number of fused-ring (bicyclic) bond motifs is 4. The Bertz CT molecular complexity index is 1740. The van der Waals surface area contributed by atoms with Crippen molar-refractivity contribution in [2.24, 2.45) is 0 Å². The van der Waals surface area contributed by atoms with Gasteiger partial charge in [-0.15, -0.1) is 0 Å². The highest BCUT2D eigenvalue weighted by Gasteiger charge is 2.33. The van der Waals surface area contributed by atoms with E-state index < -0.39 is 49.4 Å². The lowest BCUT2D eigenvalue weighted by Gasteiger charge is -2.24. The van der Waals surface area contributed by atoms with Crippen LogP contribution in [0.1, 0.15) is 61.8 Å². The Balaban J connectivity index is 1.29. The highest BCUT2D eigenvalue weighted by Crippen LogP contribution is 2.50. The number of amides is 2. The molecule has 14 heteroatoms. The topological polar surface area (TPSA) is 176 Å². The lowest BCUT2D eigenvalue weighted by atomic mass is 9.98. The predicted molar refractivity (Wildman–Crippen MR) is 176 cm³/mol. The van der Waals surface area contributed by atoms with Crippen molar-refractivity contribution >= 4 is 31.8 Å². The molecule has 0 saturated carbocycles. The van der Waals surface area contributed by atoms with Crippen LogP contribution in [0.5, 0.6) is 5.75 Å². The number of rotatable bonds is 11. The lowest BCUT2D eigenvalue weighted by Crippen LogP contribution is -2.52. The summed E-state index contributed by atoms with van der Waals surface area (Å²) in [5.41, 5.74) is 4.42. The van der Waals surface area contributed by atoms with Crippen molar-refractivity contribution in [3.05, 3.63) is 89.0 Å². The van der Waals surface area contributed by atoms with Gasteiger partial charge in [0.25, 0.3) is 0 Å². The van der Waals surface area contributed by atoms with Gasteiger partial charge < -0.3 is 29.4 Å². The fourth-order valence-corrected chi connectivity index (χ4v) is 6.59. The van der Waals surface area contributed by atoms with Gasteiger partial charge in [-0.1, -0.05) is 54.6 Å². The van der Waals surface area contributed by atoms with Crippen LogP contribution in [0.4, 0.5) is 4.79 Å². The molecule has 0 saturated heterocycles. The van der Waals surface area contributed by atoms with Crippen LogP contribution in [-0.2, 0) is 50.7 Å². The number of alkyl carbamates (subject to hydrolysis) is 1. The first kappa shape index (κ1) is 35.6. The smallest absolute Gasteiger partial charge is 0.467 e. The zero-order valence-corrected chi connectivity index (χ0v) is 28.5. The molecule has 49 heavy (non-hydrogen) atoms. The zero-order chi connectivity index (χ0) is 35.3. The fraction of sp³-hybridized carbons (Fsp3) is 0.371. The van der Waals surface area contributed by atoms with Crippen LogP contribution in [0, 0.1) is 0 Å². The molecule has 3 aromatic rings. The third-order valence-electron chi connectivity index (χ3n) is 7.97. The van der Waals surface area contributed by atoms with Gasteiger partial charge in [0.2, 0.25) is 5.91 Å². The summed E-state index contributed by atoms with van der Waals surface area (Å²) in [7, 11) is -3.03. The molecule has 13 nitrogen and oxygen atoms in total. The van der Waals surface area contributed by atoms with Crippen molar-refractivity contribution in [1.82, 2.24) is 10.6 Å². The van der Waals surface area contributed by atoms with Gasteiger partial charge in [-0.2, -0.15) is 0 Å². The van der Waals surface area contributed by atoms with Crippen LogP contribution < -0.4 is 15.2 Å². The number of phosphoric ester groups is 1. The van der Waals surface area contributed by atoms with Gasteiger partial charge >= 0.3 is 25.9 Å². The Hall–Kier alpha value is -4.71. The van der Waals surface area contributed by atoms with Crippen LogP contribution in [0.15, 0.2) is 66.7 Å². The molecule has 1 unspecified atom stereocenters. The quantitative estimate of drug-likeness (QED) is 0.141. The van der Waals surface area contributed by atoms with Gasteiger partial charge in [0.1, 0.15) is 30.0 Å². The second-order valence-corrected chi connectivity index (χ2v) is 14.1. The van der Waals surface area contributed by atoms with Crippen LogP contribution in [-0.4, -0.2) is 60.2 Å². The molecule has 5 rings (SSSR count). The molecule has 0 bridgehead atoms. The normalized spacial score (nSPS) is 17.7. The van der Waals surface area contributed by atoms with E-state index in [2.05, 4.69) is 10.6 Å². The summed E-state index contributed by atoms with van der Waals surface area (Å²) in [4.78, 5) is 61.8. The monoisotopic (exact) mass is 694 g/mol. The molecule has 1 aliphatic heterocycles. The molecular weight excluding hydrogens is 655 g/mol. The number of hydrogen-bond donors (Lipinski definition) is 3. The second-order valence-electron chi connectivity index (χ2n) is 12.7. The highest BCUT2D eigenvalue weighted by molar-refractivity contribution is 7.47. The minimum atomic E-state index is -4.20. The number of hydrogen-bond acceptors (Lipinski definition) is 10. The Labute approximate surface area is 283 Å². The van der Waals surface area contributed by atoms with Crippen molar-refractivity contribution in [3.63, 3.8) is 0 Å². The fourth-order valence-electron chi connectivity index (χ4n) is 5.81. The molecule has 2 amide bonds. The third kappa shape index (κ3) is 9.05. The lowest BCUT2D eigenvalue weighted by molar-refractivity contribution is -0.155. The Morgan fingerprint density at radius 2 is 1.61 bits per heavy atom. The van der Waals surface area contributed by atoms with Crippen molar-refractivity contribution in [1.29, 1.82) is 0 Å². The van der Waals surface area contributed by atoms with E-state index in [1.165, 1.54) is 13.2 Å². The molecule has 3 atom stereocenters. The molecule has 0 spiro atoms. The average Bonchev–Trinajstić information content (AvgIpc) is 3.37. The maximum absolute atomic E-state index is 13.6. The number of benzene rings is 3. The standard InChI is InChI=1S/C35H39N2O11P/c1-35(2,3)47-31(38)16-14-28(37-34(41)45-20-27-25-11-7-5-9-23(25)24-10-6-8-12-26(24)27)32(39)36-29(33(40)44-4)18-21-13-15-30-22(17-21)19-46-49(42,43)48-30/h5-13,15,17,27-29H,14,16,18-20H2,1-4H3,(H,36,39)(H,37,41)(H,42,43)/t28-,29-/m0/s1. The first-order chi connectivity index (χ1) is 23.2.